The molecule has 0 spiro atoms. The van der Waals surface area contributed by atoms with Gasteiger partial charge in [0.2, 0.25) is 11.8 Å². The standard InChI is InChI=1S/C18H26ClN3O2/c1-20-18(24)17(13-8-10-14(19)11-9-13)22(2)12-16(23)21-15-6-4-3-5-7-15/h8-11,15,17H,3-7,12H2,1-2H3,(H,20,24)(H,21,23). The normalized spacial score (nSPS) is 16.7. The third-order valence-electron chi connectivity index (χ3n) is 4.48. The van der Waals surface area contributed by atoms with Crippen molar-refractivity contribution < 1.29 is 9.59 Å². The molecular formula is C18H26ClN3O2. The van der Waals surface area contributed by atoms with E-state index in [1.807, 2.05) is 12.1 Å². The summed E-state index contributed by atoms with van der Waals surface area (Å²) in [5.74, 6) is -0.183. The smallest absolute Gasteiger partial charge is 0.241 e. The van der Waals surface area contributed by atoms with Crippen molar-refractivity contribution in [2.75, 3.05) is 20.6 Å². The molecule has 1 atom stereocenters. The number of nitrogens with one attached hydrogen (secondary N) is 2. The number of hydrogen-bond donors (Lipinski definition) is 2. The number of amides is 2. The zero-order chi connectivity index (χ0) is 17.5. The van der Waals surface area contributed by atoms with Gasteiger partial charge < -0.3 is 10.6 Å². The van der Waals surface area contributed by atoms with Crippen LogP contribution in [-0.4, -0.2) is 43.4 Å². The molecule has 132 valence electrons. The maximum absolute atomic E-state index is 12.3. The predicted molar refractivity (Wildman–Crippen MR) is 95.9 cm³/mol. The van der Waals surface area contributed by atoms with Crippen molar-refractivity contribution in [1.82, 2.24) is 15.5 Å². The summed E-state index contributed by atoms with van der Waals surface area (Å²) in [6.45, 7) is 0.178. The first-order chi connectivity index (χ1) is 11.5. The van der Waals surface area contributed by atoms with Crippen LogP contribution < -0.4 is 10.6 Å². The van der Waals surface area contributed by atoms with Gasteiger partial charge in [-0.05, 0) is 37.6 Å². The minimum atomic E-state index is -0.524. The highest BCUT2D eigenvalue weighted by atomic mass is 35.5. The molecule has 1 unspecified atom stereocenters. The average Bonchev–Trinajstić information content (AvgIpc) is 2.57. The van der Waals surface area contributed by atoms with Crippen LogP contribution in [0.2, 0.25) is 5.02 Å². The number of nitrogens with zero attached hydrogens (tertiary/aromatic N) is 1. The highest BCUT2D eigenvalue weighted by Crippen LogP contribution is 2.22. The van der Waals surface area contributed by atoms with Gasteiger partial charge in [-0.25, -0.2) is 0 Å². The Labute approximate surface area is 148 Å². The van der Waals surface area contributed by atoms with Gasteiger partial charge in [0.25, 0.3) is 0 Å². The van der Waals surface area contributed by atoms with E-state index in [-0.39, 0.29) is 24.4 Å². The monoisotopic (exact) mass is 351 g/mol. The van der Waals surface area contributed by atoms with Gasteiger partial charge in [0, 0.05) is 18.1 Å². The molecule has 1 aliphatic carbocycles. The Hall–Kier alpha value is -1.59. The van der Waals surface area contributed by atoms with E-state index in [2.05, 4.69) is 10.6 Å². The van der Waals surface area contributed by atoms with Crippen molar-refractivity contribution in [2.45, 2.75) is 44.2 Å². The molecule has 2 N–H and O–H groups in total. The van der Waals surface area contributed by atoms with Crippen LogP contribution in [0.3, 0.4) is 0 Å². The molecule has 0 heterocycles. The molecule has 1 fully saturated rings. The van der Waals surface area contributed by atoms with Gasteiger partial charge in [-0.15, -0.1) is 0 Å². The Morgan fingerprint density at radius 1 is 1.21 bits per heavy atom. The summed E-state index contributed by atoms with van der Waals surface area (Å²) in [6.07, 6.45) is 5.69. The number of likely N-dealkylation sites (N-methyl/N-ethyl adjacent to an activating group) is 2. The predicted octanol–water partition coefficient (Wildman–Crippen LogP) is 2.51. The number of carbonyl (C=O) groups excluding carboxylic acids is 2. The zero-order valence-electron chi connectivity index (χ0n) is 14.3. The summed E-state index contributed by atoms with van der Waals surface area (Å²) >= 11 is 5.92. The Bertz CT molecular complexity index is 556. The van der Waals surface area contributed by atoms with E-state index in [4.69, 9.17) is 11.6 Å². The summed E-state index contributed by atoms with van der Waals surface area (Å²) in [7, 11) is 3.39. The highest BCUT2D eigenvalue weighted by Gasteiger charge is 2.26. The summed E-state index contributed by atoms with van der Waals surface area (Å²) in [5.41, 5.74) is 0.812. The lowest BCUT2D eigenvalue weighted by atomic mass is 9.95. The maximum atomic E-state index is 12.3. The number of hydrogen-bond acceptors (Lipinski definition) is 3. The van der Waals surface area contributed by atoms with E-state index in [0.717, 1.165) is 18.4 Å². The van der Waals surface area contributed by atoms with Crippen molar-refractivity contribution in [3.8, 4) is 0 Å². The van der Waals surface area contributed by atoms with Crippen LogP contribution in [0.1, 0.15) is 43.7 Å². The first-order valence-corrected chi connectivity index (χ1v) is 8.85. The molecule has 6 heteroatoms. The fourth-order valence-electron chi connectivity index (χ4n) is 3.23. The maximum Gasteiger partial charge on any atom is 0.241 e. The second-order valence-electron chi connectivity index (χ2n) is 6.39. The first kappa shape index (κ1) is 18.7. The van der Waals surface area contributed by atoms with E-state index in [9.17, 15) is 9.59 Å². The van der Waals surface area contributed by atoms with Crippen LogP contribution in [0.4, 0.5) is 0 Å². The lowest BCUT2D eigenvalue weighted by Gasteiger charge is -2.28. The molecule has 0 aliphatic heterocycles. The van der Waals surface area contributed by atoms with Crippen LogP contribution in [-0.2, 0) is 9.59 Å². The van der Waals surface area contributed by atoms with Gasteiger partial charge >= 0.3 is 0 Å². The van der Waals surface area contributed by atoms with Crippen molar-refractivity contribution in [2.24, 2.45) is 0 Å². The van der Waals surface area contributed by atoms with E-state index < -0.39 is 6.04 Å². The van der Waals surface area contributed by atoms with Crippen molar-refractivity contribution in [3.63, 3.8) is 0 Å². The third kappa shape index (κ3) is 5.21. The second kappa shape index (κ2) is 9.04. The van der Waals surface area contributed by atoms with Gasteiger partial charge in [0.15, 0.2) is 0 Å². The van der Waals surface area contributed by atoms with E-state index in [1.165, 1.54) is 19.3 Å². The Morgan fingerprint density at radius 3 is 2.42 bits per heavy atom. The third-order valence-corrected chi connectivity index (χ3v) is 4.74. The molecule has 1 aromatic carbocycles. The fraction of sp³-hybridized carbons (Fsp3) is 0.556. The molecule has 2 rings (SSSR count). The summed E-state index contributed by atoms with van der Waals surface area (Å²) < 4.78 is 0. The molecule has 0 radical (unpaired) electrons. The van der Waals surface area contributed by atoms with Crippen molar-refractivity contribution in [3.05, 3.63) is 34.9 Å². The number of carbonyl (C=O) groups is 2. The van der Waals surface area contributed by atoms with Gasteiger partial charge in [-0.3, -0.25) is 14.5 Å². The van der Waals surface area contributed by atoms with E-state index >= 15 is 0 Å². The topological polar surface area (TPSA) is 61.4 Å². The Kier molecular flexibility index (Phi) is 7.06. The molecule has 0 saturated heterocycles. The van der Waals surface area contributed by atoms with E-state index in [1.54, 1.807) is 31.1 Å². The van der Waals surface area contributed by atoms with Crippen LogP contribution in [0.25, 0.3) is 0 Å². The number of halogens is 1. The minimum Gasteiger partial charge on any atom is -0.358 e. The van der Waals surface area contributed by atoms with Crippen molar-refractivity contribution >= 4 is 23.4 Å². The fourth-order valence-corrected chi connectivity index (χ4v) is 3.35. The number of rotatable bonds is 6. The Balaban J connectivity index is 2.01. The lowest BCUT2D eigenvalue weighted by molar-refractivity contribution is -0.128. The first-order valence-electron chi connectivity index (χ1n) is 8.48. The quantitative estimate of drug-likeness (QED) is 0.827. The molecular weight excluding hydrogens is 326 g/mol. The molecule has 1 aliphatic rings. The van der Waals surface area contributed by atoms with Crippen LogP contribution in [0.5, 0.6) is 0 Å². The average molecular weight is 352 g/mol. The zero-order valence-corrected chi connectivity index (χ0v) is 15.1. The summed E-state index contributed by atoms with van der Waals surface area (Å²) in [6, 6.07) is 6.89. The van der Waals surface area contributed by atoms with Crippen molar-refractivity contribution in [1.29, 1.82) is 0 Å². The summed E-state index contributed by atoms with van der Waals surface area (Å²) in [5, 5.41) is 6.37. The molecule has 2 amide bonds. The molecule has 0 bridgehead atoms. The molecule has 5 nitrogen and oxygen atoms in total. The van der Waals surface area contributed by atoms with Gasteiger partial charge in [0.1, 0.15) is 6.04 Å². The molecule has 24 heavy (non-hydrogen) atoms. The molecule has 1 aromatic rings. The van der Waals surface area contributed by atoms with Gasteiger partial charge in [-0.1, -0.05) is 43.0 Å². The second-order valence-corrected chi connectivity index (χ2v) is 6.82. The van der Waals surface area contributed by atoms with E-state index in [0.29, 0.717) is 5.02 Å². The SMILES string of the molecule is CNC(=O)C(c1ccc(Cl)cc1)N(C)CC(=O)NC1CCCCC1. The Morgan fingerprint density at radius 2 is 1.83 bits per heavy atom. The van der Waals surface area contributed by atoms with Gasteiger partial charge in [-0.2, -0.15) is 0 Å². The van der Waals surface area contributed by atoms with Crippen LogP contribution in [0, 0.1) is 0 Å². The minimum absolute atomic E-state index is 0.0349. The largest absolute Gasteiger partial charge is 0.358 e. The highest BCUT2D eigenvalue weighted by molar-refractivity contribution is 6.30. The molecule has 0 aromatic heterocycles. The van der Waals surface area contributed by atoms with Crippen LogP contribution in [0.15, 0.2) is 24.3 Å². The van der Waals surface area contributed by atoms with Crippen LogP contribution >= 0.6 is 11.6 Å². The van der Waals surface area contributed by atoms with Gasteiger partial charge in [0.05, 0.1) is 6.54 Å². The molecule has 1 saturated carbocycles. The lowest BCUT2D eigenvalue weighted by Crippen LogP contribution is -2.45. The number of benzene rings is 1. The summed E-state index contributed by atoms with van der Waals surface area (Å²) in [4.78, 5) is 26.4.